The molecular weight excluding hydrogens is 387 g/mol. The number of carbonyl (C=O) groups is 1. The minimum Gasteiger partial charge on any atom is -0.508 e. The van der Waals surface area contributed by atoms with Crippen molar-refractivity contribution in [2.75, 3.05) is 25.1 Å². The van der Waals surface area contributed by atoms with E-state index in [0.717, 1.165) is 22.1 Å². The fraction of sp³-hybridized carbons (Fsp3) is 0.304. The number of aryl methyl sites for hydroxylation is 1. The second kappa shape index (κ2) is 8.67. The highest BCUT2D eigenvalue weighted by atomic mass is 19.1. The lowest BCUT2D eigenvalue weighted by molar-refractivity contribution is -0.136. The molecule has 0 fully saturated rings. The van der Waals surface area contributed by atoms with E-state index in [1.54, 1.807) is 43.1 Å². The summed E-state index contributed by atoms with van der Waals surface area (Å²) >= 11 is 0. The number of aromatic hydroxyl groups is 1. The number of anilines is 1. The van der Waals surface area contributed by atoms with Crippen molar-refractivity contribution in [2.45, 2.75) is 26.2 Å². The van der Waals surface area contributed by atoms with Crippen LogP contribution >= 0.6 is 0 Å². The van der Waals surface area contributed by atoms with Gasteiger partial charge >= 0.3 is 5.97 Å². The molecule has 0 bridgehead atoms. The number of phenols is 1. The molecule has 3 rings (SSSR count). The third-order valence-corrected chi connectivity index (χ3v) is 5.22. The summed E-state index contributed by atoms with van der Waals surface area (Å²) in [7, 11) is 1.74. The quantitative estimate of drug-likeness (QED) is 0.542. The van der Waals surface area contributed by atoms with Crippen molar-refractivity contribution >= 4 is 22.7 Å². The van der Waals surface area contributed by atoms with E-state index >= 15 is 0 Å². The Hall–Kier alpha value is -3.19. The SMILES string of the molecule is Cc1cc(-c2c(C(C)CO)c(N(C)CCC(=O)O)nc3cc(O)ccc23)ccc1F. The first-order valence-electron chi connectivity index (χ1n) is 9.69. The van der Waals surface area contributed by atoms with Gasteiger partial charge in [0, 0.05) is 43.1 Å². The van der Waals surface area contributed by atoms with Gasteiger partial charge in [-0.2, -0.15) is 0 Å². The van der Waals surface area contributed by atoms with Crippen molar-refractivity contribution in [1.82, 2.24) is 4.98 Å². The number of halogens is 1. The number of phenolic OH excluding ortho intramolecular Hbond substituents is 1. The van der Waals surface area contributed by atoms with Gasteiger partial charge < -0.3 is 20.2 Å². The van der Waals surface area contributed by atoms with Gasteiger partial charge in [-0.05, 0) is 47.9 Å². The maximum Gasteiger partial charge on any atom is 0.305 e. The number of aliphatic hydroxyl groups excluding tert-OH is 1. The largest absolute Gasteiger partial charge is 0.508 e. The van der Waals surface area contributed by atoms with Crippen LogP contribution in [0.2, 0.25) is 0 Å². The Morgan fingerprint density at radius 2 is 1.97 bits per heavy atom. The van der Waals surface area contributed by atoms with E-state index in [4.69, 9.17) is 10.1 Å². The third kappa shape index (κ3) is 4.21. The number of nitrogens with zero attached hydrogens (tertiary/aromatic N) is 2. The number of hydrogen-bond donors (Lipinski definition) is 3. The highest BCUT2D eigenvalue weighted by molar-refractivity contribution is 5.99. The highest BCUT2D eigenvalue weighted by Gasteiger charge is 2.24. The number of pyridine rings is 1. The molecule has 6 nitrogen and oxygen atoms in total. The van der Waals surface area contributed by atoms with Crippen LogP contribution < -0.4 is 4.90 Å². The minimum absolute atomic E-state index is 0.0540. The van der Waals surface area contributed by atoms with Crippen molar-refractivity contribution in [2.24, 2.45) is 0 Å². The zero-order chi connectivity index (χ0) is 22.0. The van der Waals surface area contributed by atoms with Crippen LogP contribution in [0.3, 0.4) is 0 Å². The fourth-order valence-corrected chi connectivity index (χ4v) is 3.58. The summed E-state index contributed by atoms with van der Waals surface area (Å²) in [4.78, 5) is 17.5. The first-order chi connectivity index (χ1) is 14.2. The number of aliphatic carboxylic acids is 1. The van der Waals surface area contributed by atoms with Crippen molar-refractivity contribution < 1.29 is 24.5 Å². The number of rotatable bonds is 7. The monoisotopic (exact) mass is 412 g/mol. The molecule has 0 saturated carbocycles. The number of hydrogen-bond acceptors (Lipinski definition) is 5. The summed E-state index contributed by atoms with van der Waals surface area (Å²) in [6.45, 7) is 3.62. The second-order valence-electron chi connectivity index (χ2n) is 7.54. The van der Waals surface area contributed by atoms with Crippen LogP contribution in [0.5, 0.6) is 5.75 Å². The molecule has 1 atom stereocenters. The summed E-state index contributed by atoms with van der Waals surface area (Å²) in [6.07, 6.45) is -0.0752. The first-order valence-corrected chi connectivity index (χ1v) is 9.69. The molecule has 1 aromatic heterocycles. The zero-order valence-corrected chi connectivity index (χ0v) is 17.2. The van der Waals surface area contributed by atoms with Crippen LogP contribution in [-0.2, 0) is 4.79 Å². The van der Waals surface area contributed by atoms with E-state index in [-0.39, 0.29) is 37.1 Å². The maximum absolute atomic E-state index is 13.9. The van der Waals surface area contributed by atoms with Gasteiger partial charge in [0.1, 0.15) is 17.4 Å². The number of aliphatic hydroxyl groups is 1. The van der Waals surface area contributed by atoms with Gasteiger partial charge in [-0.15, -0.1) is 0 Å². The van der Waals surface area contributed by atoms with E-state index in [0.29, 0.717) is 16.9 Å². The van der Waals surface area contributed by atoms with Gasteiger partial charge in [0.15, 0.2) is 0 Å². The first kappa shape index (κ1) is 21.5. The third-order valence-electron chi connectivity index (χ3n) is 5.22. The molecule has 0 spiro atoms. The van der Waals surface area contributed by atoms with Gasteiger partial charge in [0.05, 0.1) is 11.9 Å². The van der Waals surface area contributed by atoms with E-state index in [9.17, 15) is 19.4 Å². The molecule has 0 amide bonds. The second-order valence-corrected chi connectivity index (χ2v) is 7.54. The summed E-state index contributed by atoms with van der Waals surface area (Å²) in [5, 5.41) is 29.8. The minimum atomic E-state index is -0.925. The van der Waals surface area contributed by atoms with Gasteiger partial charge in [-0.25, -0.2) is 9.37 Å². The Kier molecular flexibility index (Phi) is 6.22. The molecule has 1 unspecified atom stereocenters. The Labute approximate surface area is 174 Å². The van der Waals surface area contributed by atoms with Crippen LogP contribution in [0.25, 0.3) is 22.0 Å². The maximum atomic E-state index is 13.9. The predicted octanol–water partition coefficient (Wildman–Crippen LogP) is 4.06. The van der Waals surface area contributed by atoms with Crippen molar-refractivity contribution in [1.29, 1.82) is 0 Å². The lowest BCUT2D eigenvalue weighted by Gasteiger charge is -2.27. The Bertz CT molecular complexity index is 1100. The molecule has 0 radical (unpaired) electrons. The molecule has 1 heterocycles. The molecule has 2 aromatic carbocycles. The zero-order valence-electron chi connectivity index (χ0n) is 17.2. The molecule has 0 aliphatic heterocycles. The normalized spacial score (nSPS) is 12.2. The standard InChI is InChI=1S/C23H25FN2O4/c1-13-10-15(4-7-18(13)24)22-17-6-5-16(28)11-19(17)25-23(21(22)14(2)12-27)26(3)9-8-20(29)30/h4-7,10-11,14,27-28H,8-9,12H2,1-3H3,(H,29,30). The lowest BCUT2D eigenvalue weighted by Crippen LogP contribution is -2.24. The molecule has 158 valence electrons. The van der Waals surface area contributed by atoms with Gasteiger partial charge in [0.25, 0.3) is 0 Å². The van der Waals surface area contributed by atoms with E-state index in [1.807, 2.05) is 6.92 Å². The van der Waals surface area contributed by atoms with Gasteiger partial charge in [-0.1, -0.05) is 13.0 Å². The van der Waals surface area contributed by atoms with Gasteiger partial charge in [0.2, 0.25) is 0 Å². The van der Waals surface area contributed by atoms with Crippen LogP contribution in [0.1, 0.15) is 30.4 Å². The average Bonchev–Trinajstić information content (AvgIpc) is 2.71. The van der Waals surface area contributed by atoms with Gasteiger partial charge in [-0.3, -0.25) is 4.79 Å². The van der Waals surface area contributed by atoms with E-state index in [1.165, 1.54) is 12.1 Å². The van der Waals surface area contributed by atoms with Crippen molar-refractivity contribution in [3.8, 4) is 16.9 Å². The molecule has 7 heteroatoms. The predicted molar refractivity (Wildman–Crippen MR) is 115 cm³/mol. The van der Waals surface area contributed by atoms with Crippen LogP contribution in [0.4, 0.5) is 10.2 Å². The number of benzene rings is 2. The van der Waals surface area contributed by atoms with Crippen molar-refractivity contribution in [3.63, 3.8) is 0 Å². The van der Waals surface area contributed by atoms with E-state index in [2.05, 4.69) is 0 Å². The summed E-state index contributed by atoms with van der Waals surface area (Å²) < 4.78 is 13.9. The van der Waals surface area contributed by atoms with E-state index < -0.39 is 5.97 Å². The molecule has 3 aromatic rings. The smallest absolute Gasteiger partial charge is 0.305 e. The lowest BCUT2D eigenvalue weighted by atomic mass is 9.88. The van der Waals surface area contributed by atoms with Crippen LogP contribution in [-0.4, -0.2) is 46.5 Å². The number of carboxylic acid groups (broad SMARTS) is 1. The number of aromatic nitrogens is 1. The molecule has 0 aliphatic carbocycles. The molecule has 0 saturated heterocycles. The Morgan fingerprint density at radius 1 is 1.23 bits per heavy atom. The Morgan fingerprint density at radius 3 is 2.60 bits per heavy atom. The number of fused-ring (bicyclic) bond motifs is 1. The molecule has 3 N–H and O–H groups in total. The average molecular weight is 412 g/mol. The van der Waals surface area contributed by atoms with Crippen molar-refractivity contribution in [3.05, 3.63) is 53.3 Å². The molecular formula is C23H25FN2O4. The molecule has 30 heavy (non-hydrogen) atoms. The highest BCUT2D eigenvalue weighted by Crippen LogP contribution is 2.41. The number of carboxylic acids is 1. The summed E-state index contributed by atoms with van der Waals surface area (Å²) in [5.74, 6) is -0.971. The van der Waals surface area contributed by atoms with Crippen LogP contribution in [0, 0.1) is 12.7 Å². The molecule has 0 aliphatic rings. The summed E-state index contributed by atoms with van der Waals surface area (Å²) in [6, 6.07) is 9.67. The summed E-state index contributed by atoms with van der Waals surface area (Å²) in [5.41, 5.74) is 3.30. The van der Waals surface area contributed by atoms with Crippen LogP contribution in [0.15, 0.2) is 36.4 Å². The topological polar surface area (TPSA) is 93.9 Å². The fourth-order valence-electron chi connectivity index (χ4n) is 3.58. The Balaban J connectivity index is 2.37.